The molecule has 0 aliphatic carbocycles. The van der Waals surface area contributed by atoms with Gasteiger partial charge in [0.15, 0.2) is 11.7 Å². The number of alkyl halides is 3. The van der Waals surface area contributed by atoms with Gasteiger partial charge in [-0.25, -0.2) is 15.0 Å². The van der Waals surface area contributed by atoms with Crippen LogP contribution < -0.4 is 0 Å². The fourth-order valence-corrected chi connectivity index (χ4v) is 3.19. The Morgan fingerprint density at radius 2 is 1.94 bits per heavy atom. The lowest BCUT2D eigenvalue weighted by atomic mass is 9.88. The summed E-state index contributed by atoms with van der Waals surface area (Å²) in [6.45, 7) is 4.09. The molecule has 31 heavy (non-hydrogen) atoms. The van der Waals surface area contributed by atoms with Gasteiger partial charge >= 0.3 is 6.18 Å². The minimum Gasteiger partial charge on any atom is -0.441 e. The summed E-state index contributed by atoms with van der Waals surface area (Å²) in [7, 11) is 0. The standard InChI is InChI=1S/C22H18F3N5O/c1-13-12-30-7-6-14(8-18(30)28-13)20-16(5-4-15(10-26)29-20)17-11-27-19(31-17)9-21(2,3)22(23,24)25/h4-8,11-12H,9H2,1-3H3. The molecular weight excluding hydrogens is 407 g/mol. The summed E-state index contributed by atoms with van der Waals surface area (Å²) in [6, 6.07) is 8.84. The van der Waals surface area contributed by atoms with Crippen molar-refractivity contribution in [3.8, 4) is 28.7 Å². The molecule has 4 aromatic heterocycles. The van der Waals surface area contributed by atoms with Gasteiger partial charge in [0, 0.05) is 29.9 Å². The topological polar surface area (TPSA) is 80.0 Å². The summed E-state index contributed by atoms with van der Waals surface area (Å²) in [5, 5.41) is 9.28. The molecule has 0 saturated carbocycles. The second kappa shape index (κ2) is 7.23. The van der Waals surface area contributed by atoms with E-state index in [2.05, 4.69) is 15.0 Å². The number of oxazole rings is 1. The molecule has 0 saturated heterocycles. The zero-order valence-electron chi connectivity index (χ0n) is 17.0. The lowest BCUT2D eigenvalue weighted by molar-refractivity contribution is -0.212. The fourth-order valence-electron chi connectivity index (χ4n) is 3.19. The molecule has 0 amide bonds. The van der Waals surface area contributed by atoms with Crippen molar-refractivity contribution < 1.29 is 17.6 Å². The summed E-state index contributed by atoms with van der Waals surface area (Å²) in [5.74, 6) is 0.256. The van der Waals surface area contributed by atoms with E-state index in [0.29, 0.717) is 22.5 Å². The molecule has 4 aromatic rings. The van der Waals surface area contributed by atoms with Crippen LogP contribution in [0.25, 0.3) is 28.2 Å². The first-order valence-corrected chi connectivity index (χ1v) is 9.46. The minimum atomic E-state index is -4.39. The van der Waals surface area contributed by atoms with Crippen molar-refractivity contribution in [2.24, 2.45) is 5.41 Å². The monoisotopic (exact) mass is 425 g/mol. The lowest BCUT2D eigenvalue weighted by Crippen LogP contribution is -2.34. The highest BCUT2D eigenvalue weighted by Crippen LogP contribution is 2.40. The normalized spacial score (nSPS) is 12.3. The average Bonchev–Trinajstić information content (AvgIpc) is 3.30. The average molecular weight is 425 g/mol. The zero-order valence-corrected chi connectivity index (χ0v) is 17.0. The van der Waals surface area contributed by atoms with Crippen LogP contribution in [0.4, 0.5) is 13.2 Å². The molecule has 0 atom stereocenters. The summed E-state index contributed by atoms with van der Waals surface area (Å²) in [5.41, 5.74) is 1.45. The number of hydrogen-bond acceptors (Lipinski definition) is 5. The second-order valence-electron chi connectivity index (χ2n) is 7.94. The van der Waals surface area contributed by atoms with Gasteiger partial charge in [-0.1, -0.05) is 13.8 Å². The van der Waals surface area contributed by atoms with Gasteiger partial charge in [0.05, 0.1) is 23.0 Å². The molecule has 0 spiro atoms. The number of aryl methyl sites for hydroxylation is 1. The van der Waals surface area contributed by atoms with E-state index in [4.69, 9.17) is 4.42 Å². The smallest absolute Gasteiger partial charge is 0.394 e. The molecular formula is C22H18F3N5O. The summed E-state index contributed by atoms with van der Waals surface area (Å²) in [6.07, 6.45) is 0.305. The Morgan fingerprint density at radius 1 is 1.16 bits per heavy atom. The van der Waals surface area contributed by atoms with Crippen LogP contribution in [0.3, 0.4) is 0 Å². The van der Waals surface area contributed by atoms with Crippen LogP contribution in [0.5, 0.6) is 0 Å². The molecule has 0 aliphatic heterocycles. The first-order chi connectivity index (χ1) is 14.6. The highest BCUT2D eigenvalue weighted by molar-refractivity contribution is 5.79. The van der Waals surface area contributed by atoms with Crippen LogP contribution in [0.1, 0.15) is 31.1 Å². The molecule has 6 nitrogen and oxygen atoms in total. The number of rotatable bonds is 4. The van der Waals surface area contributed by atoms with Crippen molar-refractivity contribution >= 4 is 5.65 Å². The van der Waals surface area contributed by atoms with E-state index < -0.39 is 18.0 Å². The first-order valence-electron chi connectivity index (χ1n) is 9.46. The number of nitrogens with zero attached hydrogens (tertiary/aromatic N) is 5. The van der Waals surface area contributed by atoms with Crippen molar-refractivity contribution in [3.63, 3.8) is 0 Å². The predicted octanol–water partition coefficient (Wildman–Crippen LogP) is 5.36. The Bertz CT molecular complexity index is 1310. The summed E-state index contributed by atoms with van der Waals surface area (Å²) < 4.78 is 47.2. The van der Waals surface area contributed by atoms with Gasteiger partial charge in [-0.2, -0.15) is 18.4 Å². The first kappa shape index (κ1) is 20.6. The van der Waals surface area contributed by atoms with Crippen molar-refractivity contribution in [1.82, 2.24) is 19.4 Å². The zero-order chi connectivity index (χ0) is 22.4. The Hall–Kier alpha value is -3.67. The van der Waals surface area contributed by atoms with Gasteiger partial charge < -0.3 is 8.82 Å². The summed E-state index contributed by atoms with van der Waals surface area (Å²) in [4.78, 5) is 12.9. The second-order valence-corrected chi connectivity index (χ2v) is 7.94. The lowest BCUT2D eigenvalue weighted by Gasteiger charge is -2.25. The third kappa shape index (κ3) is 3.89. The number of pyridine rings is 2. The van der Waals surface area contributed by atoms with Crippen molar-refractivity contribution in [1.29, 1.82) is 5.26 Å². The predicted molar refractivity (Wildman–Crippen MR) is 107 cm³/mol. The molecule has 9 heteroatoms. The molecule has 0 unspecified atom stereocenters. The Balaban J connectivity index is 1.78. The van der Waals surface area contributed by atoms with Crippen LogP contribution >= 0.6 is 0 Å². The molecule has 0 aromatic carbocycles. The molecule has 158 valence electrons. The Kier molecular flexibility index (Phi) is 4.81. The number of fused-ring (bicyclic) bond motifs is 1. The van der Waals surface area contributed by atoms with Gasteiger partial charge in [-0.3, -0.25) is 0 Å². The number of aromatic nitrogens is 4. The molecule has 0 aliphatic rings. The van der Waals surface area contributed by atoms with Gasteiger partial charge in [0.2, 0.25) is 0 Å². The van der Waals surface area contributed by atoms with Gasteiger partial charge in [0.1, 0.15) is 17.4 Å². The van der Waals surface area contributed by atoms with E-state index in [0.717, 1.165) is 19.5 Å². The van der Waals surface area contributed by atoms with E-state index in [1.807, 2.05) is 41.9 Å². The number of imidazole rings is 1. The minimum absolute atomic E-state index is 0.0213. The van der Waals surface area contributed by atoms with Gasteiger partial charge in [-0.15, -0.1) is 0 Å². The maximum atomic E-state index is 13.2. The molecule has 0 fully saturated rings. The SMILES string of the molecule is Cc1cn2ccc(-c3nc(C#N)ccc3-c3cnc(CC(C)(C)C(F)(F)F)o3)cc2n1. The third-order valence-electron chi connectivity index (χ3n) is 5.04. The summed E-state index contributed by atoms with van der Waals surface area (Å²) >= 11 is 0. The van der Waals surface area contributed by atoms with Crippen LogP contribution in [0.2, 0.25) is 0 Å². The van der Waals surface area contributed by atoms with E-state index in [1.165, 1.54) is 12.3 Å². The van der Waals surface area contributed by atoms with E-state index in [1.54, 1.807) is 6.07 Å². The molecule has 0 N–H and O–H groups in total. The number of nitriles is 1. The van der Waals surface area contributed by atoms with Crippen LogP contribution in [-0.2, 0) is 6.42 Å². The fraction of sp³-hybridized carbons (Fsp3) is 0.273. The van der Waals surface area contributed by atoms with Crippen LogP contribution in [0.15, 0.2) is 47.3 Å². The molecule has 0 radical (unpaired) electrons. The highest BCUT2D eigenvalue weighted by atomic mass is 19.4. The van der Waals surface area contributed by atoms with Crippen molar-refractivity contribution in [3.05, 3.63) is 60.1 Å². The maximum absolute atomic E-state index is 13.2. The highest BCUT2D eigenvalue weighted by Gasteiger charge is 2.48. The molecule has 4 rings (SSSR count). The van der Waals surface area contributed by atoms with E-state index in [9.17, 15) is 18.4 Å². The van der Waals surface area contributed by atoms with E-state index >= 15 is 0 Å². The van der Waals surface area contributed by atoms with Crippen molar-refractivity contribution in [2.45, 2.75) is 33.4 Å². The van der Waals surface area contributed by atoms with Gasteiger partial charge in [0.25, 0.3) is 0 Å². The number of hydrogen-bond donors (Lipinski definition) is 0. The number of halogens is 3. The third-order valence-corrected chi connectivity index (χ3v) is 5.04. The van der Waals surface area contributed by atoms with Gasteiger partial charge in [-0.05, 0) is 31.2 Å². The molecule has 0 bridgehead atoms. The van der Waals surface area contributed by atoms with E-state index in [-0.39, 0.29) is 17.3 Å². The largest absolute Gasteiger partial charge is 0.441 e. The molecule has 4 heterocycles. The van der Waals surface area contributed by atoms with Crippen LogP contribution in [0, 0.1) is 23.7 Å². The quantitative estimate of drug-likeness (QED) is 0.440. The Morgan fingerprint density at radius 3 is 2.65 bits per heavy atom. The van der Waals surface area contributed by atoms with Crippen LogP contribution in [-0.4, -0.2) is 25.5 Å². The Labute approximate surface area is 176 Å². The van der Waals surface area contributed by atoms with Crippen molar-refractivity contribution in [2.75, 3.05) is 0 Å². The maximum Gasteiger partial charge on any atom is 0.394 e.